The molecule has 3 fully saturated rings. The highest BCUT2D eigenvalue weighted by Gasteiger charge is 2.41. The lowest BCUT2D eigenvalue weighted by atomic mass is 9.88. The third-order valence-corrected chi connectivity index (χ3v) is 7.59. The number of likely N-dealkylation sites (tertiary alicyclic amines) is 1. The van der Waals surface area contributed by atoms with Gasteiger partial charge in [-0.1, -0.05) is 0 Å². The van der Waals surface area contributed by atoms with Crippen molar-refractivity contribution >= 4 is 40.9 Å². The second kappa shape index (κ2) is 8.35. The Morgan fingerprint density at radius 3 is 2.96 bits per heavy atom. The minimum Gasteiger partial charge on any atom is -0.341 e. The summed E-state index contributed by atoms with van der Waals surface area (Å²) in [4.78, 5) is 14.7. The predicted octanol–water partition coefficient (Wildman–Crippen LogP) is 1.95. The van der Waals surface area contributed by atoms with Crippen LogP contribution in [0.2, 0.25) is 0 Å². The fourth-order valence-corrected chi connectivity index (χ4v) is 6.38. The molecule has 5 unspecified atom stereocenters. The molecule has 24 heavy (non-hydrogen) atoms. The van der Waals surface area contributed by atoms with Crippen molar-refractivity contribution in [3.8, 4) is 6.19 Å². The number of hydrogen-bond donors (Lipinski definition) is 2. The zero-order chi connectivity index (χ0) is 17.1. The Bertz CT molecular complexity index is 503. The standard InChI is InChI=1S/C16H24Cl2N4OS/c17-11-1-2-12(13(18)5-11)15-21-14(8-24-15)16(23)22-4-3-10(7-22)6-20-9-19/h10-15,20-21H,1-8H2/t10-,11?,12?,13?,14?,15?/m1/s1. The lowest BCUT2D eigenvalue weighted by Crippen LogP contribution is -2.48. The van der Waals surface area contributed by atoms with Crippen LogP contribution in [0.5, 0.6) is 0 Å². The van der Waals surface area contributed by atoms with Gasteiger partial charge < -0.3 is 10.2 Å². The van der Waals surface area contributed by atoms with E-state index in [0.29, 0.717) is 18.4 Å². The molecule has 1 aliphatic carbocycles. The number of rotatable bonds is 4. The van der Waals surface area contributed by atoms with Crippen molar-refractivity contribution in [3.05, 3.63) is 0 Å². The molecule has 3 rings (SSSR count). The number of carbonyl (C=O) groups excluding carboxylic acids is 1. The van der Waals surface area contributed by atoms with Crippen molar-refractivity contribution in [2.24, 2.45) is 11.8 Å². The first kappa shape index (κ1) is 18.4. The molecule has 2 saturated heterocycles. The molecular weight excluding hydrogens is 367 g/mol. The van der Waals surface area contributed by atoms with Crippen LogP contribution in [-0.2, 0) is 4.79 Å². The highest BCUT2D eigenvalue weighted by Crippen LogP contribution is 2.39. The molecule has 0 aromatic carbocycles. The lowest BCUT2D eigenvalue weighted by molar-refractivity contribution is -0.131. The molecule has 2 N–H and O–H groups in total. The van der Waals surface area contributed by atoms with E-state index in [1.165, 1.54) is 0 Å². The Labute approximate surface area is 157 Å². The summed E-state index contributed by atoms with van der Waals surface area (Å²) < 4.78 is 0. The smallest absolute Gasteiger partial charge is 0.240 e. The van der Waals surface area contributed by atoms with Gasteiger partial charge >= 0.3 is 0 Å². The van der Waals surface area contributed by atoms with Crippen LogP contribution < -0.4 is 10.6 Å². The number of nitriles is 1. The van der Waals surface area contributed by atoms with Crippen molar-refractivity contribution in [2.45, 2.75) is 47.9 Å². The molecule has 5 nitrogen and oxygen atoms in total. The van der Waals surface area contributed by atoms with E-state index in [2.05, 4.69) is 10.6 Å². The van der Waals surface area contributed by atoms with Crippen LogP contribution in [0.3, 0.4) is 0 Å². The van der Waals surface area contributed by atoms with Crippen LogP contribution in [-0.4, -0.2) is 58.4 Å². The molecule has 2 heterocycles. The first-order chi connectivity index (χ1) is 11.6. The summed E-state index contributed by atoms with van der Waals surface area (Å²) in [5.41, 5.74) is 0. The monoisotopic (exact) mass is 390 g/mol. The zero-order valence-corrected chi connectivity index (χ0v) is 15.9. The Hall–Kier alpha value is -0.350. The topological polar surface area (TPSA) is 68.2 Å². The van der Waals surface area contributed by atoms with Gasteiger partial charge in [0.25, 0.3) is 0 Å². The fourth-order valence-electron chi connectivity index (χ4n) is 3.93. The summed E-state index contributed by atoms with van der Waals surface area (Å²) in [5, 5.41) is 15.3. The molecule has 0 bridgehead atoms. The van der Waals surface area contributed by atoms with E-state index in [-0.39, 0.29) is 28.1 Å². The van der Waals surface area contributed by atoms with E-state index in [1.807, 2.05) is 22.9 Å². The second-order valence-corrected chi connectivity index (χ2v) is 9.35. The Balaban J connectivity index is 1.49. The van der Waals surface area contributed by atoms with Gasteiger partial charge in [0.15, 0.2) is 6.19 Å². The maximum Gasteiger partial charge on any atom is 0.240 e. The number of thioether (sulfide) groups is 1. The molecule has 0 aromatic rings. The number of nitrogens with one attached hydrogen (secondary N) is 2. The molecule has 0 aromatic heterocycles. The molecule has 1 saturated carbocycles. The van der Waals surface area contributed by atoms with Gasteiger partial charge in [-0.2, -0.15) is 5.26 Å². The molecule has 3 aliphatic rings. The van der Waals surface area contributed by atoms with Gasteiger partial charge in [-0.05, 0) is 31.6 Å². The molecule has 1 amide bonds. The third kappa shape index (κ3) is 4.24. The summed E-state index contributed by atoms with van der Waals surface area (Å²) in [6.45, 7) is 2.20. The Kier molecular flexibility index (Phi) is 6.42. The van der Waals surface area contributed by atoms with Gasteiger partial charge in [-0.25, -0.2) is 0 Å². The number of hydrogen-bond acceptors (Lipinski definition) is 5. The highest BCUT2D eigenvalue weighted by molar-refractivity contribution is 8.00. The van der Waals surface area contributed by atoms with Gasteiger partial charge in [0.2, 0.25) is 5.91 Å². The number of carbonyl (C=O) groups is 1. The SMILES string of the molecule is N#CNC[C@H]1CCN(C(=O)C2CSC(C3CCC(Cl)CC3Cl)N2)C1. The summed E-state index contributed by atoms with van der Waals surface area (Å²) in [6.07, 6.45) is 5.80. The van der Waals surface area contributed by atoms with E-state index in [9.17, 15) is 4.79 Å². The van der Waals surface area contributed by atoms with Crippen molar-refractivity contribution < 1.29 is 4.79 Å². The number of nitrogens with zero attached hydrogens (tertiary/aromatic N) is 2. The van der Waals surface area contributed by atoms with E-state index in [1.54, 1.807) is 0 Å². The summed E-state index contributed by atoms with van der Waals surface area (Å²) in [6, 6.07) is -0.111. The third-order valence-electron chi connectivity index (χ3n) is 5.32. The molecule has 134 valence electrons. The molecule has 8 heteroatoms. The van der Waals surface area contributed by atoms with Gasteiger partial charge in [0.1, 0.15) is 0 Å². The molecule has 2 aliphatic heterocycles. The maximum absolute atomic E-state index is 12.7. The predicted molar refractivity (Wildman–Crippen MR) is 98.1 cm³/mol. The van der Waals surface area contributed by atoms with Crippen molar-refractivity contribution in [1.29, 1.82) is 5.26 Å². The van der Waals surface area contributed by atoms with Gasteiger partial charge in [-0.3, -0.25) is 10.1 Å². The van der Waals surface area contributed by atoms with Crippen LogP contribution in [0.25, 0.3) is 0 Å². The van der Waals surface area contributed by atoms with Crippen LogP contribution in [0, 0.1) is 23.3 Å². The van der Waals surface area contributed by atoms with Crippen LogP contribution in [0.1, 0.15) is 25.7 Å². The van der Waals surface area contributed by atoms with Crippen molar-refractivity contribution in [2.75, 3.05) is 25.4 Å². The zero-order valence-electron chi connectivity index (χ0n) is 13.6. The Morgan fingerprint density at radius 2 is 2.21 bits per heavy atom. The van der Waals surface area contributed by atoms with E-state index >= 15 is 0 Å². The van der Waals surface area contributed by atoms with Gasteiger partial charge in [-0.15, -0.1) is 35.0 Å². The first-order valence-electron chi connectivity index (χ1n) is 8.65. The van der Waals surface area contributed by atoms with Gasteiger partial charge in [0.05, 0.1) is 11.4 Å². The fraction of sp³-hybridized carbons (Fsp3) is 0.875. The Morgan fingerprint density at radius 1 is 1.38 bits per heavy atom. The summed E-state index contributed by atoms with van der Waals surface area (Å²) >= 11 is 14.5. The number of amides is 1. The second-order valence-electron chi connectivity index (χ2n) is 7.00. The minimum atomic E-state index is -0.111. The molecular formula is C16H24Cl2N4OS. The van der Waals surface area contributed by atoms with Crippen LogP contribution >= 0.6 is 35.0 Å². The summed E-state index contributed by atoms with van der Waals surface area (Å²) in [5.74, 6) is 1.77. The largest absolute Gasteiger partial charge is 0.341 e. The van der Waals surface area contributed by atoms with Crippen molar-refractivity contribution in [1.82, 2.24) is 15.5 Å². The average Bonchev–Trinajstić information content (AvgIpc) is 3.22. The maximum atomic E-state index is 12.7. The molecule has 0 spiro atoms. The highest BCUT2D eigenvalue weighted by atomic mass is 35.5. The molecule has 0 radical (unpaired) electrons. The van der Waals surface area contributed by atoms with E-state index in [4.69, 9.17) is 28.5 Å². The van der Waals surface area contributed by atoms with Crippen LogP contribution in [0.15, 0.2) is 0 Å². The van der Waals surface area contributed by atoms with Crippen molar-refractivity contribution in [3.63, 3.8) is 0 Å². The number of halogens is 2. The van der Waals surface area contributed by atoms with Crippen LogP contribution in [0.4, 0.5) is 0 Å². The number of alkyl halides is 2. The normalized spacial score (nSPS) is 39.6. The quantitative estimate of drug-likeness (QED) is 0.436. The molecule has 6 atom stereocenters. The van der Waals surface area contributed by atoms with E-state index < -0.39 is 0 Å². The average molecular weight is 391 g/mol. The lowest BCUT2D eigenvalue weighted by Gasteiger charge is -2.34. The minimum absolute atomic E-state index is 0.0910. The first-order valence-corrected chi connectivity index (χ1v) is 10.6. The van der Waals surface area contributed by atoms with E-state index in [0.717, 1.165) is 44.5 Å². The van der Waals surface area contributed by atoms with Gasteiger partial charge in [0, 0.05) is 42.1 Å². The summed E-state index contributed by atoms with van der Waals surface area (Å²) in [7, 11) is 0.